The number of hydrogen-bond acceptors (Lipinski definition) is 3. The summed E-state index contributed by atoms with van der Waals surface area (Å²) in [5.74, 6) is 0.0946. The molecule has 4 heteroatoms. The third kappa shape index (κ3) is 1.44. The Morgan fingerprint density at radius 3 is 3.25 bits per heavy atom. The molecule has 12 heavy (non-hydrogen) atoms. The van der Waals surface area contributed by atoms with Gasteiger partial charge >= 0.3 is 0 Å². The number of amides is 1. The lowest BCUT2D eigenvalue weighted by atomic mass is 10.0. The Bertz CT molecular complexity index is 184. The molecule has 0 bridgehead atoms. The van der Waals surface area contributed by atoms with Crippen molar-refractivity contribution < 1.29 is 9.53 Å². The molecule has 2 atom stereocenters. The molecule has 2 aliphatic heterocycles. The number of piperidine rings is 1. The molecule has 68 valence electrons. The summed E-state index contributed by atoms with van der Waals surface area (Å²) in [6.45, 7) is 2.22. The molecule has 2 heterocycles. The van der Waals surface area contributed by atoms with Crippen molar-refractivity contribution in [3.63, 3.8) is 0 Å². The fourth-order valence-corrected chi connectivity index (χ4v) is 1.79. The van der Waals surface area contributed by atoms with Crippen LogP contribution in [0.25, 0.3) is 0 Å². The van der Waals surface area contributed by atoms with E-state index in [1.807, 2.05) is 0 Å². The highest BCUT2D eigenvalue weighted by Gasteiger charge is 2.32. The van der Waals surface area contributed by atoms with Crippen LogP contribution in [0.4, 0.5) is 0 Å². The molecule has 0 aromatic rings. The molecule has 0 saturated carbocycles. The Balaban J connectivity index is 2.06. The third-order valence-corrected chi connectivity index (χ3v) is 2.42. The van der Waals surface area contributed by atoms with Crippen molar-refractivity contribution in [2.45, 2.75) is 25.0 Å². The second-order valence-electron chi connectivity index (χ2n) is 3.27. The molecule has 0 radical (unpaired) electrons. The second kappa shape index (κ2) is 3.41. The van der Waals surface area contributed by atoms with Gasteiger partial charge in [-0.2, -0.15) is 0 Å². The molecule has 2 rings (SSSR count). The van der Waals surface area contributed by atoms with E-state index in [2.05, 4.69) is 10.6 Å². The maximum absolute atomic E-state index is 11.4. The number of nitrogens with one attached hydrogen (secondary N) is 2. The van der Waals surface area contributed by atoms with E-state index in [9.17, 15) is 4.79 Å². The van der Waals surface area contributed by atoms with E-state index in [1.54, 1.807) is 0 Å². The first-order valence-corrected chi connectivity index (χ1v) is 4.50. The van der Waals surface area contributed by atoms with Crippen molar-refractivity contribution >= 4 is 5.91 Å². The van der Waals surface area contributed by atoms with Gasteiger partial charge in [0.05, 0.1) is 12.7 Å². The molecule has 2 aliphatic rings. The monoisotopic (exact) mass is 170 g/mol. The third-order valence-electron chi connectivity index (χ3n) is 2.42. The summed E-state index contributed by atoms with van der Waals surface area (Å²) in [5, 5.41) is 5.99. The van der Waals surface area contributed by atoms with Gasteiger partial charge in [0.25, 0.3) is 0 Å². The first-order chi connectivity index (χ1) is 5.88. The van der Waals surface area contributed by atoms with Gasteiger partial charge in [-0.25, -0.2) is 0 Å². The normalized spacial score (nSPS) is 36.5. The van der Waals surface area contributed by atoms with Crippen molar-refractivity contribution in [1.29, 1.82) is 0 Å². The molecule has 0 aromatic carbocycles. The lowest BCUT2D eigenvalue weighted by Gasteiger charge is -2.28. The van der Waals surface area contributed by atoms with E-state index in [4.69, 9.17) is 4.74 Å². The minimum Gasteiger partial charge on any atom is -0.374 e. The summed E-state index contributed by atoms with van der Waals surface area (Å²) >= 11 is 0. The van der Waals surface area contributed by atoms with Crippen molar-refractivity contribution in [2.24, 2.45) is 0 Å². The lowest BCUT2D eigenvalue weighted by molar-refractivity contribution is -0.125. The predicted molar refractivity (Wildman–Crippen MR) is 43.8 cm³/mol. The van der Waals surface area contributed by atoms with Gasteiger partial charge < -0.3 is 15.4 Å². The molecule has 4 nitrogen and oxygen atoms in total. The standard InChI is InChI=1S/C8H14N2O2/c11-8-7-6(2-1-3-9-7)12-5-4-10-8/h6-7,9H,1-5H2,(H,10,11)/t6-,7+/m0/s1. The zero-order valence-corrected chi connectivity index (χ0v) is 7.01. The van der Waals surface area contributed by atoms with Crippen molar-refractivity contribution in [3.05, 3.63) is 0 Å². The van der Waals surface area contributed by atoms with Crippen LogP contribution in [0.2, 0.25) is 0 Å². The SMILES string of the molecule is O=C1NCCO[C@H]2CCCN[C@@H]12. The Labute approximate surface area is 71.7 Å². The Kier molecular flexibility index (Phi) is 2.28. The maximum Gasteiger partial charge on any atom is 0.239 e. The first-order valence-electron chi connectivity index (χ1n) is 4.50. The molecule has 0 aliphatic carbocycles. The minimum absolute atomic E-state index is 0.0946. The highest BCUT2D eigenvalue weighted by atomic mass is 16.5. The summed E-state index contributed by atoms with van der Waals surface area (Å²) in [6, 6.07) is -0.110. The summed E-state index contributed by atoms with van der Waals surface area (Å²) in [6.07, 6.45) is 2.21. The minimum atomic E-state index is -0.110. The average Bonchev–Trinajstić information content (AvgIpc) is 2.29. The highest BCUT2D eigenvalue weighted by Crippen LogP contribution is 2.14. The zero-order valence-electron chi connectivity index (χ0n) is 7.01. The second-order valence-corrected chi connectivity index (χ2v) is 3.27. The molecular formula is C8H14N2O2. The smallest absolute Gasteiger partial charge is 0.239 e. The number of ether oxygens (including phenoxy) is 1. The van der Waals surface area contributed by atoms with Crippen LogP contribution in [0, 0.1) is 0 Å². The molecule has 1 amide bonds. The maximum atomic E-state index is 11.4. The quantitative estimate of drug-likeness (QED) is 0.503. The van der Waals surface area contributed by atoms with Gasteiger partial charge in [0, 0.05) is 6.54 Å². The predicted octanol–water partition coefficient (Wildman–Crippen LogP) is -0.747. The number of carbonyl (C=O) groups excluding carboxylic acids is 1. The van der Waals surface area contributed by atoms with E-state index >= 15 is 0 Å². The van der Waals surface area contributed by atoms with E-state index < -0.39 is 0 Å². The van der Waals surface area contributed by atoms with Crippen molar-refractivity contribution in [1.82, 2.24) is 10.6 Å². The van der Waals surface area contributed by atoms with Crippen LogP contribution in [0.1, 0.15) is 12.8 Å². The lowest BCUT2D eigenvalue weighted by Crippen LogP contribution is -2.52. The van der Waals surface area contributed by atoms with Crippen molar-refractivity contribution in [2.75, 3.05) is 19.7 Å². The van der Waals surface area contributed by atoms with Gasteiger partial charge in [0.15, 0.2) is 0 Å². The fraction of sp³-hybridized carbons (Fsp3) is 0.875. The summed E-state index contributed by atoms with van der Waals surface area (Å²) in [5.41, 5.74) is 0. The summed E-state index contributed by atoms with van der Waals surface area (Å²) < 4.78 is 5.53. The number of fused-ring (bicyclic) bond motifs is 1. The van der Waals surface area contributed by atoms with Crippen LogP contribution < -0.4 is 10.6 Å². The Morgan fingerprint density at radius 1 is 1.42 bits per heavy atom. The van der Waals surface area contributed by atoms with Crippen LogP contribution in [0.3, 0.4) is 0 Å². The number of carbonyl (C=O) groups is 1. The molecule has 0 spiro atoms. The van der Waals surface area contributed by atoms with E-state index in [0.717, 1.165) is 19.4 Å². The molecule has 0 aromatic heterocycles. The van der Waals surface area contributed by atoms with Crippen LogP contribution in [0.15, 0.2) is 0 Å². The molecule has 2 N–H and O–H groups in total. The zero-order chi connectivity index (χ0) is 8.39. The Hall–Kier alpha value is -0.610. The highest BCUT2D eigenvalue weighted by molar-refractivity contribution is 5.82. The van der Waals surface area contributed by atoms with E-state index in [1.165, 1.54) is 0 Å². The molecule has 2 fully saturated rings. The Morgan fingerprint density at radius 2 is 2.33 bits per heavy atom. The molecular weight excluding hydrogens is 156 g/mol. The van der Waals surface area contributed by atoms with Gasteiger partial charge in [-0.05, 0) is 19.4 Å². The average molecular weight is 170 g/mol. The van der Waals surface area contributed by atoms with E-state index in [-0.39, 0.29) is 18.1 Å². The van der Waals surface area contributed by atoms with E-state index in [0.29, 0.717) is 13.2 Å². The number of hydrogen-bond donors (Lipinski definition) is 2. The van der Waals surface area contributed by atoms with Crippen LogP contribution in [-0.2, 0) is 9.53 Å². The van der Waals surface area contributed by atoms with Crippen LogP contribution in [-0.4, -0.2) is 37.7 Å². The van der Waals surface area contributed by atoms with Crippen LogP contribution in [0.5, 0.6) is 0 Å². The van der Waals surface area contributed by atoms with Gasteiger partial charge in [0.2, 0.25) is 5.91 Å². The largest absolute Gasteiger partial charge is 0.374 e. The molecule has 2 saturated heterocycles. The topological polar surface area (TPSA) is 50.4 Å². The molecule has 0 unspecified atom stereocenters. The summed E-state index contributed by atoms with van der Waals surface area (Å²) in [4.78, 5) is 11.4. The fourth-order valence-electron chi connectivity index (χ4n) is 1.79. The van der Waals surface area contributed by atoms with Gasteiger partial charge in [-0.15, -0.1) is 0 Å². The first kappa shape index (κ1) is 8.01. The van der Waals surface area contributed by atoms with Crippen LogP contribution >= 0.6 is 0 Å². The van der Waals surface area contributed by atoms with Crippen molar-refractivity contribution in [3.8, 4) is 0 Å². The van der Waals surface area contributed by atoms with Gasteiger partial charge in [-0.1, -0.05) is 0 Å². The van der Waals surface area contributed by atoms with Gasteiger partial charge in [-0.3, -0.25) is 4.79 Å². The summed E-state index contributed by atoms with van der Waals surface area (Å²) in [7, 11) is 0. The number of rotatable bonds is 0. The van der Waals surface area contributed by atoms with Gasteiger partial charge in [0.1, 0.15) is 6.04 Å².